The second-order valence-electron chi connectivity index (χ2n) is 21.6. The molecule has 15 nitrogen and oxygen atoms in total. The Morgan fingerprint density at radius 3 is 1.83 bits per heavy atom. The van der Waals surface area contributed by atoms with Crippen molar-refractivity contribution in [2.75, 3.05) is 19.8 Å². The van der Waals surface area contributed by atoms with E-state index in [0.29, 0.717) is 36.9 Å². The lowest BCUT2D eigenvalue weighted by Crippen LogP contribution is -2.65. The molecule has 364 valence electrons. The Hall–Kier alpha value is -5.15. The summed E-state index contributed by atoms with van der Waals surface area (Å²) < 4.78 is 56.3. The zero-order valence-corrected chi connectivity index (χ0v) is 41.4. The third kappa shape index (κ3) is 13.9. The average Bonchev–Trinajstić information content (AvgIpc) is 3.62. The van der Waals surface area contributed by atoms with E-state index in [0.717, 1.165) is 29.7 Å². The molecule has 3 aromatic rings. The first-order valence-corrected chi connectivity index (χ1v) is 23.0. The highest BCUT2D eigenvalue weighted by Gasteiger charge is 2.56. The molecule has 5 rings (SSSR count). The third-order valence-electron chi connectivity index (χ3n) is 10.9. The van der Waals surface area contributed by atoms with Crippen LogP contribution in [0, 0.1) is 21.7 Å². The van der Waals surface area contributed by atoms with E-state index in [-0.39, 0.29) is 24.3 Å². The van der Waals surface area contributed by atoms with Gasteiger partial charge in [0.25, 0.3) is 0 Å². The number of nitrogens with one attached hydrogen (secondary N) is 1. The predicted octanol–water partition coefficient (Wildman–Crippen LogP) is 8.83. The standard InChI is InChI=1S/C51H72N2O13/c1-30(2)38-35(26-32-20-21-34(59-28-31-18-16-15-17-19-31)27-36(32)61-33-22-24-58-25-23-33)42(53-52-38)66-43-41(65-47(57)51(12,13)14)40(64-46(56)50(9,10)11)39(63-45(55)49(6,7)8)37(62-43)29-60-44(54)48(3,4)5/h15-21,27,30,33,37,39-41,43H,22-26,28-29H2,1-14H3,(H,52,53)/t37-,39-,40+,41-,43+/m1/s1. The lowest BCUT2D eigenvalue weighted by molar-refractivity contribution is -0.294. The van der Waals surface area contributed by atoms with Gasteiger partial charge in [0.05, 0.1) is 34.9 Å². The Kier molecular flexibility index (Phi) is 16.7. The SMILES string of the molecule is CC(C)c1[nH]nc(O[C@@H]2O[C@H](COC(=O)C(C)(C)C)[C@@H](OC(=O)C(C)(C)C)[C@H](OC(=O)C(C)(C)C)[C@H]2OC(=O)C(C)(C)C)c1Cc1ccc(OCc2ccccc2)cc1OC1CCOCC1. The molecule has 5 atom stereocenters. The first-order chi connectivity index (χ1) is 30.7. The van der Waals surface area contributed by atoms with Crippen molar-refractivity contribution in [2.45, 2.75) is 166 Å². The van der Waals surface area contributed by atoms with Crippen LogP contribution in [0.5, 0.6) is 17.4 Å². The van der Waals surface area contributed by atoms with E-state index < -0.39 is 82.8 Å². The summed E-state index contributed by atoms with van der Waals surface area (Å²) in [5.74, 6) is -1.26. The quantitative estimate of drug-likeness (QED) is 0.113. The van der Waals surface area contributed by atoms with Gasteiger partial charge in [-0.1, -0.05) is 50.2 Å². The molecule has 0 unspecified atom stereocenters. The number of benzene rings is 2. The van der Waals surface area contributed by atoms with Crippen LogP contribution in [0.4, 0.5) is 0 Å². The molecular weight excluding hydrogens is 849 g/mol. The van der Waals surface area contributed by atoms with E-state index >= 15 is 0 Å². The van der Waals surface area contributed by atoms with Gasteiger partial charge >= 0.3 is 23.9 Å². The number of rotatable bonds is 15. The fourth-order valence-electron chi connectivity index (χ4n) is 6.79. The summed E-state index contributed by atoms with van der Waals surface area (Å²) >= 11 is 0. The summed E-state index contributed by atoms with van der Waals surface area (Å²) in [6.07, 6.45) is -5.62. The Labute approximate surface area is 390 Å². The van der Waals surface area contributed by atoms with E-state index in [2.05, 4.69) is 10.2 Å². The third-order valence-corrected chi connectivity index (χ3v) is 10.9. The van der Waals surface area contributed by atoms with Gasteiger partial charge in [-0.3, -0.25) is 24.3 Å². The fraction of sp³-hybridized carbons (Fsp3) is 0.627. The minimum absolute atomic E-state index is 0.0637. The van der Waals surface area contributed by atoms with E-state index in [4.69, 9.17) is 42.6 Å². The molecule has 1 N–H and O–H groups in total. The summed E-state index contributed by atoms with van der Waals surface area (Å²) in [6.45, 7) is 25.3. The van der Waals surface area contributed by atoms with Crippen LogP contribution in [0.2, 0.25) is 0 Å². The first-order valence-electron chi connectivity index (χ1n) is 23.0. The zero-order chi connectivity index (χ0) is 48.8. The molecule has 0 radical (unpaired) electrons. The van der Waals surface area contributed by atoms with Gasteiger partial charge in [-0.15, -0.1) is 5.10 Å². The highest BCUT2D eigenvalue weighted by Crippen LogP contribution is 2.39. The monoisotopic (exact) mass is 921 g/mol. The summed E-state index contributed by atoms with van der Waals surface area (Å²) in [6, 6.07) is 15.6. The van der Waals surface area contributed by atoms with Crippen molar-refractivity contribution in [2.24, 2.45) is 21.7 Å². The molecule has 0 bridgehead atoms. The summed E-state index contributed by atoms with van der Waals surface area (Å²) in [7, 11) is 0. The maximum absolute atomic E-state index is 13.9. The number of hydrogen-bond acceptors (Lipinski definition) is 14. The summed E-state index contributed by atoms with van der Waals surface area (Å²) in [4.78, 5) is 54.7. The lowest BCUT2D eigenvalue weighted by Gasteiger charge is -2.45. The van der Waals surface area contributed by atoms with Gasteiger partial charge in [0.1, 0.15) is 36.9 Å². The molecule has 2 aliphatic rings. The maximum atomic E-state index is 13.9. The Bertz CT molecular complexity index is 2110. The number of carbonyl (C=O) groups excluding carboxylic acids is 4. The largest absolute Gasteiger partial charge is 0.490 e. The van der Waals surface area contributed by atoms with Crippen LogP contribution in [-0.2, 0) is 60.6 Å². The van der Waals surface area contributed by atoms with Gasteiger partial charge in [0, 0.05) is 36.6 Å². The normalized spacial score (nSPS) is 20.9. The number of hydrogen-bond donors (Lipinski definition) is 1. The van der Waals surface area contributed by atoms with Crippen LogP contribution in [0.15, 0.2) is 48.5 Å². The van der Waals surface area contributed by atoms with E-state index in [1.807, 2.05) is 62.4 Å². The number of H-pyrrole nitrogens is 1. The molecular formula is C51H72N2O13. The number of aromatic nitrogens is 2. The Morgan fingerprint density at radius 1 is 0.712 bits per heavy atom. The number of aromatic amines is 1. The first kappa shape index (κ1) is 51.8. The van der Waals surface area contributed by atoms with Gasteiger partial charge in [0.15, 0.2) is 12.2 Å². The lowest BCUT2D eigenvalue weighted by atomic mass is 9.93. The summed E-state index contributed by atoms with van der Waals surface area (Å²) in [5.41, 5.74) is -0.753. The van der Waals surface area contributed by atoms with Crippen LogP contribution in [0.1, 0.15) is 138 Å². The Balaban J connectivity index is 1.61. The number of carbonyl (C=O) groups is 4. The number of nitrogens with zero attached hydrogens (tertiary/aromatic N) is 1. The highest BCUT2D eigenvalue weighted by atomic mass is 16.7. The zero-order valence-electron chi connectivity index (χ0n) is 41.4. The van der Waals surface area contributed by atoms with Crippen molar-refractivity contribution in [1.82, 2.24) is 10.2 Å². The smallest absolute Gasteiger partial charge is 0.311 e. The average molecular weight is 921 g/mol. The van der Waals surface area contributed by atoms with Gasteiger partial charge in [-0.2, -0.15) is 0 Å². The van der Waals surface area contributed by atoms with E-state index in [9.17, 15) is 19.2 Å². The Morgan fingerprint density at radius 2 is 1.27 bits per heavy atom. The minimum Gasteiger partial charge on any atom is -0.490 e. The molecule has 0 spiro atoms. The second-order valence-corrected chi connectivity index (χ2v) is 21.6. The van der Waals surface area contributed by atoms with Crippen LogP contribution in [-0.4, -0.2) is 90.7 Å². The van der Waals surface area contributed by atoms with Crippen LogP contribution >= 0.6 is 0 Å². The van der Waals surface area contributed by atoms with Crippen molar-refractivity contribution >= 4 is 23.9 Å². The molecule has 66 heavy (non-hydrogen) atoms. The van der Waals surface area contributed by atoms with Crippen LogP contribution < -0.4 is 14.2 Å². The van der Waals surface area contributed by atoms with Gasteiger partial charge in [0.2, 0.25) is 18.3 Å². The molecule has 0 amide bonds. The molecule has 3 heterocycles. The molecule has 2 fully saturated rings. The second kappa shape index (κ2) is 21.2. The molecule has 0 saturated carbocycles. The van der Waals surface area contributed by atoms with Crippen molar-refractivity contribution in [3.05, 3.63) is 70.9 Å². The molecule has 0 aliphatic carbocycles. The fourth-order valence-corrected chi connectivity index (χ4v) is 6.79. The van der Waals surface area contributed by atoms with Crippen LogP contribution in [0.25, 0.3) is 0 Å². The minimum atomic E-state index is -1.54. The number of ether oxygens (including phenoxy) is 9. The maximum Gasteiger partial charge on any atom is 0.311 e. The molecule has 2 aliphatic heterocycles. The number of esters is 4. The van der Waals surface area contributed by atoms with Gasteiger partial charge in [-0.25, -0.2) is 0 Å². The summed E-state index contributed by atoms with van der Waals surface area (Å²) in [5, 5.41) is 7.80. The topological polar surface area (TPSA) is 180 Å². The van der Waals surface area contributed by atoms with Crippen LogP contribution in [0.3, 0.4) is 0 Å². The van der Waals surface area contributed by atoms with Crippen molar-refractivity contribution < 1.29 is 61.8 Å². The molecule has 2 saturated heterocycles. The van der Waals surface area contributed by atoms with Crippen molar-refractivity contribution in [3.63, 3.8) is 0 Å². The van der Waals surface area contributed by atoms with Crippen molar-refractivity contribution in [3.8, 4) is 17.4 Å². The van der Waals surface area contributed by atoms with Crippen molar-refractivity contribution in [1.29, 1.82) is 0 Å². The van der Waals surface area contributed by atoms with Gasteiger partial charge < -0.3 is 42.6 Å². The van der Waals surface area contributed by atoms with E-state index in [1.54, 1.807) is 83.1 Å². The van der Waals surface area contributed by atoms with Gasteiger partial charge in [-0.05, 0) is 106 Å². The molecule has 1 aromatic heterocycles. The molecule has 15 heteroatoms. The van der Waals surface area contributed by atoms with E-state index in [1.165, 1.54) is 0 Å². The predicted molar refractivity (Wildman–Crippen MR) is 245 cm³/mol. The molecule has 2 aromatic carbocycles. The highest BCUT2D eigenvalue weighted by molar-refractivity contribution is 5.78.